The van der Waals surface area contributed by atoms with E-state index in [4.69, 9.17) is 61.0 Å². The zero-order valence-electron chi connectivity index (χ0n) is 73.9. The third-order valence-electron chi connectivity index (χ3n) is 25.8. The zero-order valence-corrected chi connectivity index (χ0v) is 77.0. The molecule has 6 aromatic carbocycles. The molecule has 121 heavy (non-hydrogen) atoms. The molecule has 4 fully saturated rings. The number of anilines is 2. The molecule has 0 aromatic heterocycles. The summed E-state index contributed by atoms with van der Waals surface area (Å²) >= 11 is 26.6. The molecule has 0 bridgehead atoms. The van der Waals surface area contributed by atoms with Crippen LogP contribution in [-0.4, -0.2) is 92.8 Å². The van der Waals surface area contributed by atoms with E-state index in [0.29, 0.717) is 54.6 Å². The number of fused-ring (bicyclic) bond motifs is 4. The van der Waals surface area contributed by atoms with E-state index < -0.39 is 28.9 Å². The van der Waals surface area contributed by atoms with Gasteiger partial charge in [-0.25, -0.2) is 15.0 Å². The second-order valence-electron chi connectivity index (χ2n) is 41.2. The van der Waals surface area contributed by atoms with Crippen LogP contribution in [0, 0.1) is 32.5 Å². The number of carbonyl (C=O) groups excluding carboxylic acids is 4. The van der Waals surface area contributed by atoms with Gasteiger partial charge in [0.1, 0.15) is 5.75 Å². The van der Waals surface area contributed by atoms with E-state index in [9.17, 15) is 43.8 Å². The summed E-state index contributed by atoms with van der Waals surface area (Å²) in [6.45, 7) is 40.6. The van der Waals surface area contributed by atoms with Crippen molar-refractivity contribution in [3.8, 4) is 5.75 Å². The average Bonchev–Trinajstić information content (AvgIpc) is 1.59. The normalized spacial score (nSPS) is 22.6. The van der Waals surface area contributed by atoms with Crippen LogP contribution < -0.4 is 20.0 Å². The van der Waals surface area contributed by atoms with Crippen LogP contribution >= 0.6 is 46.4 Å². The minimum absolute atomic E-state index is 0.00867. The Kier molecular flexibility index (Phi) is 27.4. The van der Waals surface area contributed by atoms with Crippen molar-refractivity contribution in [3.05, 3.63) is 227 Å². The first-order valence-electron chi connectivity index (χ1n) is 42.6. The predicted molar refractivity (Wildman–Crippen MR) is 485 cm³/mol. The van der Waals surface area contributed by atoms with Crippen LogP contribution in [0.3, 0.4) is 0 Å². The van der Waals surface area contributed by atoms with Gasteiger partial charge in [0.25, 0.3) is 0 Å². The Morgan fingerprint density at radius 3 is 1.30 bits per heavy atom. The number of carboxylic acid groups (broad SMARTS) is 3. The summed E-state index contributed by atoms with van der Waals surface area (Å²) in [4.78, 5) is 90.0. The smallest absolute Gasteiger partial charge is 0.335 e. The number of nitrogens with zero attached hydrogens (tertiary/aromatic N) is 4. The number of ether oxygens (including phenoxy) is 2. The van der Waals surface area contributed by atoms with Crippen LogP contribution in [0.1, 0.15) is 281 Å². The summed E-state index contributed by atoms with van der Waals surface area (Å²) in [7, 11) is 0. The second-order valence-corrected chi connectivity index (χ2v) is 42.9. The number of rotatable bonds is 19. The van der Waals surface area contributed by atoms with Crippen LogP contribution in [0.2, 0.25) is 20.1 Å². The third-order valence-corrected chi connectivity index (χ3v) is 27.1. The van der Waals surface area contributed by atoms with Gasteiger partial charge < -0.3 is 29.7 Å². The molecule has 4 atom stereocenters. The molecule has 5 aliphatic heterocycles. The van der Waals surface area contributed by atoms with E-state index in [0.717, 1.165) is 149 Å². The molecule has 4 amide bonds. The van der Waals surface area contributed by atoms with Gasteiger partial charge in [-0.3, -0.25) is 33.8 Å². The summed E-state index contributed by atoms with van der Waals surface area (Å²) in [5.74, 6) is -2.26. The minimum Gasteiger partial charge on any atom is -0.491 e. The van der Waals surface area contributed by atoms with Gasteiger partial charge in [0, 0.05) is 99.2 Å². The number of carbonyl (C=O) groups is 7. The van der Waals surface area contributed by atoms with Crippen LogP contribution in [0.5, 0.6) is 5.75 Å². The molecule has 17 nitrogen and oxygen atoms in total. The minimum atomic E-state index is -0.998. The van der Waals surface area contributed by atoms with E-state index in [1.807, 2.05) is 56.7 Å². The van der Waals surface area contributed by atoms with Crippen LogP contribution in [0.25, 0.3) is 0 Å². The van der Waals surface area contributed by atoms with Gasteiger partial charge in [-0.15, -0.1) is 0 Å². The molecule has 5 heterocycles. The number of aliphatic carboxylic acids is 1. The Bertz CT molecular complexity index is 4920. The summed E-state index contributed by atoms with van der Waals surface area (Å²) in [6.07, 6.45) is 19.8. The fraction of sp³-hybridized carbons (Fsp3) is 0.500. The van der Waals surface area contributed by atoms with Crippen LogP contribution in [0.15, 0.2) is 162 Å². The highest BCUT2D eigenvalue weighted by atomic mass is 35.5. The lowest BCUT2D eigenvalue weighted by Gasteiger charge is -2.41. The number of amides is 4. The van der Waals surface area contributed by atoms with Gasteiger partial charge in [-0.05, 0) is 264 Å². The van der Waals surface area contributed by atoms with E-state index >= 15 is 0 Å². The van der Waals surface area contributed by atoms with Crippen LogP contribution in [-0.2, 0) is 69.6 Å². The van der Waals surface area contributed by atoms with E-state index in [-0.39, 0.29) is 103 Å². The topological polar surface area (TPSA) is 233 Å². The number of benzene rings is 6. The van der Waals surface area contributed by atoms with Gasteiger partial charge in [0.2, 0.25) is 23.6 Å². The molecule has 0 radical (unpaired) electrons. The van der Waals surface area contributed by atoms with Gasteiger partial charge in [0.15, 0.2) is 0 Å². The number of allylic oxidation sites excluding steroid dienone is 2. The quantitative estimate of drug-likeness (QED) is 0.0593. The number of hydrogen-bond donors (Lipinski definition) is 4. The van der Waals surface area contributed by atoms with Crippen molar-refractivity contribution < 1.29 is 58.4 Å². The Labute approximate surface area is 736 Å². The average molecular weight is 1730 g/mol. The predicted octanol–water partition coefficient (Wildman–Crippen LogP) is 23.8. The standard InChI is InChI=1S/C29H34ClNO3.C28H32ClNO4.C25H34ClNO3.C18H23ClN2O2/c1-27(2,3)13-12-19-6-9-21(16-23(19)30)29-15-14-28(4,5)24(29)18-31(25(32)17-29)22-10-7-20(8-11-22)26(33)34;1-26(2,3)13-12-18-6-9-20(14-22(18)29)28-15-24(31)30(16-23(28)27(4,5)34-17-28)21-10-7-19(8-11-21)25(32)33;1-23(2,3)10-8-17-6-7-18(14-19(17)26)25-12-11-24(4,5)20(25)16-27(21(28)15-25)13-9-22(29)30;1-17(2,3)11-23-14-7-6-12(9-13(14)19)18-8-4-5-15(18)20-21-16(22)10-18/h6-11,16,18H,12-15,17H2,1-5H3,(H,33,34);6-11,14,16H,12-13,15,17H2,1-5H3,(H,32,33);6-7,14,16H,8-13,15H2,1-5H3,(H,29,30);6-7,9H,4-5,8,10-11H2,1-3H3,(H,21,22)/t29-;;;/m0.../s1. The van der Waals surface area contributed by atoms with E-state index in [1.165, 1.54) is 23.3 Å². The van der Waals surface area contributed by atoms with Crippen molar-refractivity contribution in [2.24, 2.45) is 37.6 Å². The monoisotopic (exact) mass is 1730 g/mol. The molecular weight excluding hydrogens is 1600 g/mol. The summed E-state index contributed by atoms with van der Waals surface area (Å²) in [5.41, 5.74) is 15.1. The lowest BCUT2D eigenvalue weighted by atomic mass is 9.68. The largest absolute Gasteiger partial charge is 0.491 e. The highest BCUT2D eigenvalue weighted by Crippen LogP contribution is 2.61. The van der Waals surface area contributed by atoms with Gasteiger partial charge in [0.05, 0.1) is 46.8 Å². The van der Waals surface area contributed by atoms with Gasteiger partial charge >= 0.3 is 17.9 Å². The summed E-state index contributed by atoms with van der Waals surface area (Å²) in [5, 5.41) is 34.6. The Morgan fingerprint density at radius 1 is 0.471 bits per heavy atom. The molecule has 6 aromatic rings. The molecule has 1 saturated heterocycles. The van der Waals surface area contributed by atoms with Crippen molar-refractivity contribution in [1.29, 1.82) is 0 Å². The lowest BCUT2D eigenvalue weighted by Crippen LogP contribution is -2.44. The molecule has 4 N–H and O–H groups in total. The number of nitrogens with one attached hydrogen (secondary N) is 1. The fourth-order valence-corrected chi connectivity index (χ4v) is 19.6. The molecule has 14 rings (SSSR count). The maximum atomic E-state index is 13.4. The third kappa shape index (κ3) is 21.1. The number of carboxylic acids is 3. The molecule has 3 saturated carbocycles. The van der Waals surface area contributed by atoms with Gasteiger partial charge in [-0.2, -0.15) is 5.10 Å². The highest BCUT2D eigenvalue weighted by Gasteiger charge is 2.57. The van der Waals surface area contributed by atoms with E-state index in [2.05, 4.69) is 170 Å². The van der Waals surface area contributed by atoms with Crippen molar-refractivity contribution in [1.82, 2.24) is 10.3 Å². The number of hydrazone groups is 1. The summed E-state index contributed by atoms with van der Waals surface area (Å²) < 4.78 is 12.1. The number of halogens is 4. The van der Waals surface area contributed by atoms with Gasteiger partial charge in [-0.1, -0.05) is 200 Å². The first kappa shape index (κ1) is 93.1. The van der Waals surface area contributed by atoms with Crippen molar-refractivity contribution in [2.45, 2.75) is 267 Å². The molecular formula is C100H123Cl4N5O12. The number of aryl methyl sites for hydroxylation is 3. The Morgan fingerprint density at radius 2 is 0.876 bits per heavy atom. The highest BCUT2D eigenvalue weighted by molar-refractivity contribution is 6.33. The molecule has 3 unspecified atom stereocenters. The van der Waals surface area contributed by atoms with Crippen molar-refractivity contribution in [2.75, 3.05) is 29.6 Å². The maximum absolute atomic E-state index is 13.4. The van der Waals surface area contributed by atoms with Crippen LogP contribution in [0.4, 0.5) is 11.4 Å². The van der Waals surface area contributed by atoms with Crippen molar-refractivity contribution in [3.63, 3.8) is 0 Å². The zero-order chi connectivity index (χ0) is 88.8. The molecule has 8 aliphatic rings. The first-order valence-corrected chi connectivity index (χ1v) is 44.1. The molecule has 3 aliphatic carbocycles. The van der Waals surface area contributed by atoms with Crippen molar-refractivity contribution >= 4 is 105 Å². The number of hydrogen-bond acceptors (Lipinski definition) is 10. The Hall–Kier alpha value is -8.58. The first-order chi connectivity index (χ1) is 56.3. The fourth-order valence-electron chi connectivity index (χ4n) is 18.5. The molecule has 21 heteroatoms. The Balaban J connectivity index is 0.000000159. The summed E-state index contributed by atoms with van der Waals surface area (Å²) in [6, 6.07) is 37.6. The lowest BCUT2D eigenvalue weighted by molar-refractivity contribution is -0.138. The number of aromatic carboxylic acids is 2. The maximum Gasteiger partial charge on any atom is 0.335 e. The molecule has 648 valence electrons. The second kappa shape index (κ2) is 35.6. The molecule has 0 spiro atoms. The SMILES string of the molecule is CC(C)(C)CCc1ccc(C23CCC(C)(C)C2=CN(CCC(=O)O)C(=O)C3)cc1Cl.CC(C)(C)CCc1ccc(C23COC(C)(C)C2=CN(c2ccc(C(=O)O)cc2)C(=O)C3)cc1Cl.CC(C)(C)CCc1ccc([C@@]23CCC(C)(C)C2=CN(c2ccc(C(=O)O)cc2)C(=O)C3)cc1Cl.CC(C)(C)COc1ccc(C23CCCC2=NNC(=O)C3)cc1Cl. The van der Waals surface area contributed by atoms with E-state index in [1.54, 1.807) is 51.1 Å².